The highest BCUT2D eigenvalue weighted by molar-refractivity contribution is 5.94. The fourth-order valence-electron chi connectivity index (χ4n) is 1.57. The van der Waals surface area contributed by atoms with Crippen molar-refractivity contribution in [2.75, 3.05) is 17.6 Å². The van der Waals surface area contributed by atoms with Crippen LogP contribution in [0.15, 0.2) is 18.2 Å². The maximum Gasteiger partial charge on any atom is 0.224 e. The van der Waals surface area contributed by atoms with Crippen molar-refractivity contribution < 1.29 is 9.59 Å². The standard InChI is InChI=1S/C14H21N3O2/c1-3-8-16-13(18)6-7-14(19)17-12-9-11(15)5-4-10(12)2/h4-5,9H,3,6-8,15H2,1-2H3,(H,16,18)(H,17,19). The van der Waals surface area contributed by atoms with E-state index in [2.05, 4.69) is 10.6 Å². The molecule has 0 aromatic heterocycles. The highest BCUT2D eigenvalue weighted by atomic mass is 16.2. The summed E-state index contributed by atoms with van der Waals surface area (Å²) >= 11 is 0. The van der Waals surface area contributed by atoms with Crippen LogP contribution in [0.25, 0.3) is 0 Å². The SMILES string of the molecule is CCCNC(=O)CCC(=O)Nc1cc(N)ccc1C. The smallest absolute Gasteiger partial charge is 0.224 e. The molecule has 104 valence electrons. The van der Waals surface area contributed by atoms with Crippen LogP contribution >= 0.6 is 0 Å². The van der Waals surface area contributed by atoms with Gasteiger partial charge in [0.1, 0.15) is 0 Å². The molecule has 0 heterocycles. The summed E-state index contributed by atoms with van der Waals surface area (Å²) in [4.78, 5) is 23.1. The second-order valence-electron chi connectivity index (χ2n) is 4.47. The van der Waals surface area contributed by atoms with E-state index >= 15 is 0 Å². The van der Waals surface area contributed by atoms with E-state index in [0.717, 1.165) is 12.0 Å². The Balaban J connectivity index is 2.43. The maximum atomic E-state index is 11.7. The summed E-state index contributed by atoms with van der Waals surface area (Å²) in [5.41, 5.74) is 7.90. The topological polar surface area (TPSA) is 84.2 Å². The second kappa shape index (κ2) is 7.41. The molecule has 0 saturated heterocycles. The number of carbonyl (C=O) groups is 2. The van der Waals surface area contributed by atoms with Crippen LogP contribution in [0.5, 0.6) is 0 Å². The molecular formula is C14H21N3O2. The molecule has 1 aromatic rings. The van der Waals surface area contributed by atoms with Crippen LogP contribution in [-0.4, -0.2) is 18.4 Å². The van der Waals surface area contributed by atoms with E-state index < -0.39 is 0 Å². The number of amides is 2. The van der Waals surface area contributed by atoms with Crippen LogP contribution in [0.1, 0.15) is 31.7 Å². The Bertz CT molecular complexity index is 458. The molecule has 0 fully saturated rings. The predicted octanol–water partition coefficient (Wildman–Crippen LogP) is 1.82. The number of rotatable bonds is 6. The Labute approximate surface area is 113 Å². The summed E-state index contributed by atoms with van der Waals surface area (Å²) in [6, 6.07) is 5.34. The summed E-state index contributed by atoms with van der Waals surface area (Å²) in [5.74, 6) is -0.276. The van der Waals surface area contributed by atoms with Gasteiger partial charge >= 0.3 is 0 Å². The third-order valence-corrected chi connectivity index (χ3v) is 2.69. The van der Waals surface area contributed by atoms with Crippen LogP contribution in [-0.2, 0) is 9.59 Å². The van der Waals surface area contributed by atoms with Gasteiger partial charge in [-0.25, -0.2) is 0 Å². The third-order valence-electron chi connectivity index (χ3n) is 2.69. The number of hydrogen-bond donors (Lipinski definition) is 3. The Morgan fingerprint density at radius 3 is 2.58 bits per heavy atom. The number of benzene rings is 1. The second-order valence-corrected chi connectivity index (χ2v) is 4.47. The van der Waals surface area contributed by atoms with Gasteiger partial charge in [0.2, 0.25) is 11.8 Å². The van der Waals surface area contributed by atoms with Crippen molar-refractivity contribution in [2.24, 2.45) is 0 Å². The monoisotopic (exact) mass is 263 g/mol. The van der Waals surface area contributed by atoms with Crippen LogP contribution in [0.4, 0.5) is 11.4 Å². The summed E-state index contributed by atoms with van der Waals surface area (Å²) in [6.07, 6.45) is 1.26. The first-order valence-electron chi connectivity index (χ1n) is 6.45. The molecule has 5 heteroatoms. The number of nitrogens with one attached hydrogen (secondary N) is 2. The molecule has 19 heavy (non-hydrogen) atoms. The van der Waals surface area contributed by atoms with Gasteiger partial charge in [0.25, 0.3) is 0 Å². The van der Waals surface area contributed by atoms with E-state index in [1.54, 1.807) is 12.1 Å². The molecule has 0 aliphatic carbocycles. The largest absolute Gasteiger partial charge is 0.399 e. The van der Waals surface area contributed by atoms with Gasteiger partial charge in [0.05, 0.1) is 0 Å². The summed E-state index contributed by atoms with van der Waals surface area (Å²) in [6.45, 7) is 4.52. The van der Waals surface area contributed by atoms with Crippen molar-refractivity contribution >= 4 is 23.2 Å². The number of anilines is 2. The first kappa shape index (κ1) is 15.0. The fraction of sp³-hybridized carbons (Fsp3) is 0.429. The van der Waals surface area contributed by atoms with Crippen LogP contribution < -0.4 is 16.4 Å². The zero-order valence-electron chi connectivity index (χ0n) is 11.5. The van der Waals surface area contributed by atoms with Crippen molar-refractivity contribution in [1.29, 1.82) is 0 Å². The predicted molar refractivity (Wildman–Crippen MR) is 76.8 cm³/mol. The normalized spacial score (nSPS) is 10.0. The van der Waals surface area contributed by atoms with Gasteiger partial charge in [-0.3, -0.25) is 9.59 Å². The zero-order valence-corrected chi connectivity index (χ0v) is 11.5. The van der Waals surface area contributed by atoms with E-state index in [9.17, 15) is 9.59 Å². The summed E-state index contributed by atoms with van der Waals surface area (Å²) in [7, 11) is 0. The molecule has 4 N–H and O–H groups in total. The number of aryl methyl sites for hydroxylation is 1. The number of hydrogen-bond acceptors (Lipinski definition) is 3. The number of nitrogens with two attached hydrogens (primary N) is 1. The quantitative estimate of drug-likeness (QED) is 0.684. The van der Waals surface area contributed by atoms with Crippen LogP contribution in [0.2, 0.25) is 0 Å². The number of carbonyl (C=O) groups excluding carboxylic acids is 2. The van der Waals surface area contributed by atoms with Crippen molar-refractivity contribution in [2.45, 2.75) is 33.1 Å². The Hall–Kier alpha value is -2.04. The van der Waals surface area contributed by atoms with Crippen LogP contribution in [0.3, 0.4) is 0 Å². The van der Waals surface area contributed by atoms with Gasteiger partial charge in [0.15, 0.2) is 0 Å². The van der Waals surface area contributed by atoms with E-state index in [-0.39, 0.29) is 24.7 Å². The van der Waals surface area contributed by atoms with Crippen molar-refractivity contribution in [3.05, 3.63) is 23.8 Å². The number of nitrogen functional groups attached to an aromatic ring is 1. The lowest BCUT2D eigenvalue weighted by Gasteiger charge is -2.09. The van der Waals surface area contributed by atoms with Crippen molar-refractivity contribution in [3.63, 3.8) is 0 Å². The van der Waals surface area contributed by atoms with Crippen molar-refractivity contribution in [3.8, 4) is 0 Å². The third kappa shape index (κ3) is 5.42. The van der Waals surface area contributed by atoms with Gasteiger partial charge in [-0.1, -0.05) is 13.0 Å². The minimum Gasteiger partial charge on any atom is -0.399 e. The van der Waals surface area contributed by atoms with Gasteiger partial charge < -0.3 is 16.4 Å². The zero-order chi connectivity index (χ0) is 14.3. The lowest BCUT2D eigenvalue weighted by atomic mass is 10.1. The average Bonchev–Trinajstić information content (AvgIpc) is 2.38. The molecule has 0 radical (unpaired) electrons. The first-order chi connectivity index (χ1) is 9.02. The van der Waals surface area contributed by atoms with E-state index in [0.29, 0.717) is 17.9 Å². The van der Waals surface area contributed by atoms with E-state index in [4.69, 9.17) is 5.73 Å². The minimum absolute atomic E-state index is 0.0960. The van der Waals surface area contributed by atoms with Gasteiger partial charge in [-0.2, -0.15) is 0 Å². The van der Waals surface area contributed by atoms with E-state index in [1.807, 2.05) is 19.9 Å². The fourth-order valence-corrected chi connectivity index (χ4v) is 1.57. The maximum absolute atomic E-state index is 11.7. The molecule has 0 saturated carbocycles. The Morgan fingerprint density at radius 2 is 1.89 bits per heavy atom. The highest BCUT2D eigenvalue weighted by Crippen LogP contribution is 2.18. The van der Waals surface area contributed by atoms with Gasteiger partial charge in [0, 0.05) is 30.8 Å². The first-order valence-corrected chi connectivity index (χ1v) is 6.45. The van der Waals surface area contributed by atoms with Gasteiger partial charge in [-0.05, 0) is 31.0 Å². The highest BCUT2D eigenvalue weighted by Gasteiger charge is 2.08. The minimum atomic E-state index is -0.180. The summed E-state index contributed by atoms with van der Waals surface area (Å²) < 4.78 is 0. The Morgan fingerprint density at radius 1 is 1.21 bits per heavy atom. The molecule has 2 amide bonds. The molecule has 0 aliphatic rings. The molecule has 1 rings (SSSR count). The van der Waals surface area contributed by atoms with E-state index in [1.165, 1.54) is 0 Å². The molecular weight excluding hydrogens is 242 g/mol. The lowest BCUT2D eigenvalue weighted by molar-refractivity contribution is -0.124. The van der Waals surface area contributed by atoms with Crippen LogP contribution in [0, 0.1) is 6.92 Å². The lowest BCUT2D eigenvalue weighted by Crippen LogP contribution is -2.25. The molecule has 0 spiro atoms. The molecule has 1 aromatic carbocycles. The molecule has 0 atom stereocenters. The van der Waals surface area contributed by atoms with Gasteiger partial charge in [-0.15, -0.1) is 0 Å². The molecule has 0 aliphatic heterocycles. The average molecular weight is 263 g/mol. The molecule has 5 nitrogen and oxygen atoms in total. The summed E-state index contributed by atoms with van der Waals surface area (Å²) in [5, 5.41) is 5.50. The van der Waals surface area contributed by atoms with Crippen molar-refractivity contribution in [1.82, 2.24) is 5.32 Å². The molecule has 0 bridgehead atoms. The Kier molecular flexibility index (Phi) is 5.85. The molecule has 0 unspecified atom stereocenters.